The summed E-state index contributed by atoms with van der Waals surface area (Å²) in [5.74, 6) is 0.915. The van der Waals surface area contributed by atoms with Gasteiger partial charge in [0.25, 0.3) is 0 Å². The number of nitrogens with zero attached hydrogens (tertiary/aromatic N) is 2. The smallest absolute Gasteiger partial charge is 0.176 e. The van der Waals surface area contributed by atoms with E-state index in [2.05, 4.69) is 15.7 Å². The van der Waals surface area contributed by atoms with Crippen molar-refractivity contribution in [3.63, 3.8) is 0 Å². The fraction of sp³-hybridized carbons (Fsp3) is 0.231. The summed E-state index contributed by atoms with van der Waals surface area (Å²) >= 11 is 6.94. The molecule has 0 saturated carbocycles. The molecule has 0 fully saturated rings. The maximum atomic E-state index is 5.31. The van der Waals surface area contributed by atoms with Gasteiger partial charge in [-0.15, -0.1) is 11.8 Å². The molecule has 0 aliphatic rings. The minimum absolute atomic E-state index is 0.560. The normalized spacial score (nSPS) is 10.3. The van der Waals surface area contributed by atoms with E-state index in [4.69, 9.17) is 12.2 Å². The van der Waals surface area contributed by atoms with Crippen LogP contribution < -0.4 is 10.6 Å². The highest BCUT2D eigenvalue weighted by Gasteiger charge is 2.12. The largest absolute Gasteiger partial charge is 0.332 e. The van der Waals surface area contributed by atoms with Gasteiger partial charge >= 0.3 is 0 Å². The average molecular weight is 292 g/mol. The predicted octanol–water partition coefficient (Wildman–Crippen LogP) is 3.26. The zero-order valence-corrected chi connectivity index (χ0v) is 12.7. The van der Waals surface area contributed by atoms with E-state index in [1.54, 1.807) is 16.4 Å². The van der Waals surface area contributed by atoms with Crippen molar-refractivity contribution in [1.82, 2.24) is 9.78 Å². The molecule has 1 aromatic carbocycles. The van der Waals surface area contributed by atoms with Crippen LogP contribution in [0, 0.1) is 6.92 Å². The van der Waals surface area contributed by atoms with Crippen LogP contribution in [0.2, 0.25) is 0 Å². The van der Waals surface area contributed by atoms with Crippen LogP contribution in [0.1, 0.15) is 5.56 Å². The highest BCUT2D eigenvalue weighted by atomic mass is 32.2. The number of rotatable bonds is 3. The third-order valence-electron chi connectivity index (χ3n) is 2.70. The first-order valence-corrected chi connectivity index (χ1v) is 7.45. The number of anilines is 2. The topological polar surface area (TPSA) is 41.9 Å². The minimum Gasteiger partial charge on any atom is -0.332 e. The Morgan fingerprint density at radius 1 is 1.26 bits per heavy atom. The number of thioether (sulfide) groups is 1. The second kappa shape index (κ2) is 6.08. The van der Waals surface area contributed by atoms with Crippen molar-refractivity contribution in [2.24, 2.45) is 7.05 Å². The number of benzene rings is 1. The van der Waals surface area contributed by atoms with Crippen LogP contribution in [-0.2, 0) is 7.05 Å². The molecule has 0 atom stereocenters. The van der Waals surface area contributed by atoms with Crippen LogP contribution in [0.15, 0.2) is 35.4 Å². The first kappa shape index (κ1) is 13.9. The molecular formula is C13H16N4S2. The fourth-order valence-electron chi connectivity index (χ4n) is 1.77. The Morgan fingerprint density at radius 2 is 1.95 bits per heavy atom. The molecule has 0 aliphatic carbocycles. The van der Waals surface area contributed by atoms with Crippen LogP contribution in [0.25, 0.3) is 0 Å². The molecule has 1 heterocycles. The van der Waals surface area contributed by atoms with Gasteiger partial charge in [-0.3, -0.25) is 4.68 Å². The molecule has 4 nitrogen and oxygen atoms in total. The summed E-state index contributed by atoms with van der Waals surface area (Å²) in [5, 5.41) is 12.3. The zero-order chi connectivity index (χ0) is 13.8. The van der Waals surface area contributed by atoms with Crippen LogP contribution in [0.4, 0.5) is 11.5 Å². The summed E-state index contributed by atoms with van der Waals surface area (Å²) in [4.78, 5) is 0. The van der Waals surface area contributed by atoms with Crippen molar-refractivity contribution < 1.29 is 0 Å². The Morgan fingerprint density at radius 3 is 2.53 bits per heavy atom. The third-order valence-corrected chi connectivity index (χ3v) is 3.68. The molecule has 0 spiro atoms. The van der Waals surface area contributed by atoms with E-state index in [9.17, 15) is 0 Å². The summed E-state index contributed by atoms with van der Waals surface area (Å²) in [6.07, 6.45) is 2.01. The predicted molar refractivity (Wildman–Crippen MR) is 86.0 cm³/mol. The zero-order valence-electron chi connectivity index (χ0n) is 11.1. The van der Waals surface area contributed by atoms with Crippen LogP contribution in [0.5, 0.6) is 0 Å². The number of aromatic nitrogens is 2. The summed E-state index contributed by atoms with van der Waals surface area (Å²) in [7, 11) is 1.90. The van der Waals surface area contributed by atoms with Crippen molar-refractivity contribution in [3.05, 3.63) is 35.9 Å². The van der Waals surface area contributed by atoms with Gasteiger partial charge in [-0.05, 0) is 37.5 Å². The Labute approximate surface area is 122 Å². The average Bonchev–Trinajstić information content (AvgIpc) is 2.67. The Hall–Kier alpha value is -1.53. The molecule has 2 N–H and O–H groups in total. The third kappa shape index (κ3) is 3.27. The number of thiocarbonyl (C=S) groups is 1. The molecule has 0 bridgehead atoms. The summed E-state index contributed by atoms with van der Waals surface area (Å²) in [6, 6.07) is 9.84. The second-order valence-corrected chi connectivity index (χ2v) is 5.25. The Kier molecular flexibility index (Phi) is 4.44. The van der Waals surface area contributed by atoms with E-state index in [1.165, 1.54) is 0 Å². The van der Waals surface area contributed by atoms with E-state index >= 15 is 0 Å². The lowest BCUT2D eigenvalue weighted by Crippen LogP contribution is -2.21. The van der Waals surface area contributed by atoms with Gasteiger partial charge in [-0.2, -0.15) is 5.10 Å². The van der Waals surface area contributed by atoms with Crippen LogP contribution >= 0.6 is 24.0 Å². The minimum atomic E-state index is 0.560. The molecule has 2 rings (SSSR count). The van der Waals surface area contributed by atoms with Crippen molar-refractivity contribution in [2.75, 3.05) is 16.9 Å². The quantitative estimate of drug-likeness (QED) is 0.671. The van der Waals surface area contributed by atoms with Gasteiger partial charge in [0, 0.05) is 18.3 Å². The summed E-state index contributed by atoms with van der Waals surface area (Å²) in [6.45, 7) is 2.03. The van der Waals surface area contributed by atoms with E-state index in [-0.39, 0.29) is 0 Å². The van der Waals surface area contributed by atoms with Crippen LogP contribution in [0.3, 0.4) is 0 Å². The molecule has 0 unspecified atom stereocenters. The lowest BCUT2D eigenvalue weighted by Gasteiger charge is -2.11. The van der Waals surface area contributed by atoms with Gasteiger partial charge in [0.05, 0.1) is 0 Å². The molecule has 6 heteroatoms. The molecule has 100 valence electrons. The van der Waals surface area contributed by atoms with Crippen molar-refractivity contribution >= 4 is 40.6 Å². The summed E-state index contributed by atoms with van der Waals surface area (Å²) < 4.78 is 1.81. The monoisotopic (exact) mass is 292 g/mol. The number of nitrogens with one attached hydrogen (secondary N) is 2. The van der Waals surface area contributed by atoms with E-state index in [0.29, 0.717) is 5.11 Å². The molecule has 1 aromatic heterocycles. The molecule has 2 aromatic rings. The van der Waals surface area contributed by atoms with Gasteiger partial charge in [0.2, 0.25) is 0 Å². The molecular weight excluding hydrogens is 276 g/mol. The maximum Gasteiger partial charge on any atom is 0.176 e. The second-order valence-electron chi connectivity index (χ2n) is 4.05. The van der Waals surface area contributed by atoms with E-state index in [1.807, 2.05) is 50.6 Å². The number of aryl methyl sites for hydroxylation is 1. The lowest BCUT2D eigenvalue weighted by molar-refractivity contribution is 0.747. The molecule has 0 amide bonds. The van der Waals surface area contributed by atoms with Gasteiger partial charge in [0.1, 0.15) is 10.8 Å². The Balaban J connectivity index is 2.09. The van der Waals surface area contributed by atoms with Gasteiger partial charge < -0.3 is 10.6 Å². The van der Waals surface area contributed by atoms with Gasteiger partial charge in [-0.25, -0.2) is 0 Å². The molecule has 19 heavy (non-hydrogen) atoms. The Bertz CT molecular complexity index is 578. The number of para-hydroxylation sites is 1. The molecule has 0 radical (unpaired) electrons. The lowest BCUT2D eigenvalue weighted by atomic mass is 10.3. The molecule has 0 saturated heterocycles. The molecule has 0 aliphatic heterocycles. The maximum absolute atomic E-state index is 5.31. The summed E-state index contributed by atoms with van der Waals surface area (Å²) in [5.41, 5.74) is 2.07. The van der Waals surface area contributed by atoms with Gasteiger partial charge in [-0.1, -0.05) is 18.2 Å². The SMILES string of the molecule is CSc1nn(C)c(NC(=S)Nc2ccccc2)c1C. The van der Waals surface area contributed by atoms with E-state index < -0.39 is 0 Å². The fourth-order valence-corrected chi connectivity index (χ4v) is 2.59. The standard InChI is InChI=1S/C13H16N4S2/c1-9-11(17(2)16-12(9)19-3)15-13(18)14-10-7-5-4-6-8-10/h4-8H,1-3H3,(H2,14,15,18). The highest BCUT2D eigenvalue weighted by molar-refractivity contribution is 7.98. The van der Waals surface area contributed by atoms with Crippen molar-refractivity contribution in [1.29, 1.82) is 0 Å². The highest BCUT2D eigenvalue weighted by Crippen LogP contribution is 2.25. The van der Waals surface area contributed by atoms with E-state index in [0.717, 1.165) is 22.1 Å². The van der Waals surface area contributed by atoms with Crippen molar-refractivity contribution in [2.45, 2.75) is 11.9 Å². The number of hydrogen-bond acceptors (Lipinski definition) is 3. The van der Waals surface area contributed by atoms with Crippen LogP contribution in [-0.4, -0.2) is 21.1 Å². The van der Waals surface area contributed by atoms with Crippen molar-refractivity contribution in [3.8, 4) is 0 Å². The first-order valence-electron chi connectivity index (χ1n) is 5.82. The number of hydrogen-bond donors (Lipinski definition) is 2. The first-order chi connectivity index (χ1) is 9.11. The van der Waals surface area contributed by atoms with Gasteiger partial charge in [0.15, 0.2) is 5.11 Å².